The van der Waals surface area contributed by atoms with Gasteiger partial charge in [-0.25, -0.2) is 4.99 Å². The summed E-state index contributed by atoms with van der Waals surface area (Å²) in [5, 5.41) is 11.0. The molecule has 138 valence electrons. The molecule has 0 bridgehead atoms. The SMILES string of the molecule is Cc1cc2c(cc1C)N1C(C(c3ccccc3)=N2)C1c1ccc([N+](=O)[O-])cc1. The van der Waals surface area contributed by atoms with Gasteiger partial charge in [0.25, 0.3) is 5.69 Å². The second-order valence-corrected chi connectivity index (χ2v) is 7.43. The molecule has 0 amide bonds. The van der Waals surface area contributed by atoms with Gasteiger partial charge < -0.3 is 4.90 Å². The Morgan fingerprint density at radius 1 is 0.929 bits per heavy atom. The van der Waals surface area contributed by atoms with Crippen LogP contribution in [0.3, 0.4) is 0 Å². The second kappa shape index (κ2) is 6.02. The average molecular weight is 369 g/mol. The standard InChI is InChI=1S/C23H19N3O2/c1-14-12-19-20(13-15(14)2)25-22(17-8-10-18(11-9-17)26(27)28)23(25)21(24-19)16-6-4-3-5-7-16/h3-13,22-23H,1-2H3. The van der Waals surface area contributed by atoms with Gasteiger partial charge in [-0.1, -0.05) is 42.5 Å². The molecule has 2 atom stereocenters. The van der Waals surface area contributed by atoms with Gasteiger partial charge in [0, 0.05) is 12.1 Å². The Labute approximate surface area is 163 Å². The van der Waals surface area contributed by atoms with Crippen LogP contribution in [0.25, 0.3) is 0 Å². The monoisotopic (exact) mass is 369 g/mol. The maximum atomic E-state index is 11.0. The lowest BCUT2D eigenvalue weighted by Gasteiger charge is -2.19. The fraction of sp³-hybridized carbons (Fsp3) is 0.174. The van der Waals surface area contributed by atoms with Crippen molar-refractivity contribution in [3.63, 3.8) is 0 Å². The van der Waals surface area contributed by atoms with Crippen molar-refractivity contribution in [2.75, 3.05) is 4.90 Å². The molecule has 2 unspecified atom stereocenters. The van der Waals surface area contributed by atoms with Gasteiger partial charge in [0.15, 0.2) is 0 Å². The van der Waals surface area contributed by atoms with Gasteiger partial charge >= 0.3 is 0 Å². The highest BCUT2D eigenvalue weighted by atomic mass is 16.6. The molecule has 2 aliphatic heterocycles. The van der Waals surface area contributed by atoms with Gasteiger partial charge in [-0.3, -0.25) is 10.1 Å². The van der Waals surface area contributed by atoms with E-state index < -0.39 is 0 Å². The molecule has 0 spiro atoms. The first-order valence-electron chi connectivity index (χ1n) is 9.32. The quantitative estimate of drug-likeness (QED) is 0.359. The van der Waals surface area contributed by atoms with Crippen LogP contribution in [0.1, 0.15) is 28.3 Å². The molecule has 1 fully saturated rings. The smallest absolute Gasteiger partial charge is 0.269 e. The number of benzene rings is 3. The van der Waals surface area contributed by atoms with Crippen LogP contribution in [-0.4, -0.2) is 16.7 Å². The van der Waals surface area contributed by atoms with Crippen molar-refractivity contribution in [3.05, 3.63) is 99.1 Å². The summed E-state index contributed by atoms with van der Waals surface area (Å²) in [7, 11) is 0. The van der Waals surface area contributed by atoms with Crippen molar-refractivity contribution >= 4 is 22.8 Å². The summed E-state index contributed by atoms with van der Waals surface area (Å²) in [4.78, 5) is 18.0. The maximum Gasteiger partial charge on any atom is 0.269 e. The van der Waals surface area contributed by atoms with E-state index in [1.807, 2.05) is 30.3 Å². The van der Waals surface area contributed by atoms with E-state index in [-0.39, 0.29) is 22.7 Å². The molecule has 0 aliphatic carbocycles. The van der Waals surface area contributed by atoms with Crippen LogP contribution in [0, 0.1) is 24.0 Å². The largest absolute Gasteiger partial charge is 0.349 e. The number of aliphatic imine (C=N–C) groups is 1. The molecule has 2 heterocycles. The van der Waals surface area contributed by atoms with E-state index in [4.69, 9.17) is 4.99 Å². The summed E-state index contributed by atoms with van der Waals surface area (Å²) < 4.78 is 0. The number of nitrogens with zero attached hydrogens (tertiary/aromatic N) is 3. The number of anilines is 1. The van der Waals surface area contributed by atoms with E-state index >= 15 is 0 Å². The number of non-ortho nitro benzene ring substituents is 1. The van der Waals surface area contributed by atoms with Crippen LogP contribution in [0.5, 0.6) is 0 Å². The van der Waals surface area contributed by atoms with E-state index in [0.717, 1.165) is 28.2 Å². The zero-order valence-corrected chi connectivity index (χ0v) is 15.7. The third-order valence-corrected chi connectivity index (χ3v) is 5.71. The molecule has 1 saturated heterocycles. The molecule has 0 aromatic heterocycles. The van der Waals surface area contributed by atoms with E-state index in [0.29, 0.717) is 0 Å². The van der Waals surface area contributed by atoms with E-state index in [1.165, 1.54) is 11.1 Å². The van der Waals surface area contributed by atoms with Gasteiger partial charge in [-0.15, -0.1) is 0 Å². The molecular formula is C23H19N3O2. The third kappa shape index (κ3) is 2.51. The number of rotatable bonds is 3. The lowest BCUT2D eigenvalue weighted by Crippen LogP contribution is -2.17. The molecule has 5 heteroatoms. The number of hydrogen-bond donors (Lipinski definition) is 0. The molecule has 3 aromatic carbocycles. The highest BCUT2D eigenvalue weighted by Gasteiger charge is 2.54. The van der Waals surface area contributed by atoms with Crippen LogP contribution in [-0.2, 0) is 0 Å². The molecule has 0 radical (unpaired) electrons. The van der Waals surface area contributed by atoms with Crippen molar-refractivity contribution in [1.29, 1.82) is 0 Å². The third-order valence-electron chi connectivity index (χ3n) is 5.71. The van der Waals surface area contributed by atoms with Gasteiger partial charge in [0.1, 0.15) is 0 Å². The van der Waals surface area contributed by atoms with Gasteiger partial charge in [0.2, 0.25) is 0 Å². The van der Waals surface area contributed by atoms with Crippen molar-refractivity contribution in [1.82, 2.24) is 0 Å². The summed E-state index contributed by atoms with van der Waals surface area (Å²) in [6, 6.07) is 21.8. The van der Waals surface area contributed by atoms with Crippen LogP contribution in [0.4, 0.5) is 17.1 Å². The first kappa shape index (κ1) is 16.7. The minimum absolute atomic E-state index is 0.117. The summed E-state index contributed by atoms with van der Waals surface area (Å²) in [5.74, 6) is 0. The highest BCUT2D eigenvalue weighted by Crippen LogP contribution is 2.55. The summed E-state index contributed by atoms with van der Waals surface area (Å²) in [6.07, 6.45) is 0. The van der Waals surface area contributed by atoms with Crippen molar-refractivity contribution < 1.29 is 4.92 Å². The first-order chi connectivity index (χ1) is 13.5. The summed E-state index contributed by atoms with van der Waals surface area (Å²) in [6.45, 7) is 4.22. The first-order valence-corrected chi connectivity index (χ1v) is 9.32. The number of nitro benzene ring substituents is 1. The number of fused-ring (bicyclic) bond motifs is 3. The van der Waals surface area contributed by atoms with Crippen LogP contribution in [0.15, 0.2) is 71.7 Å². The molecular weight excluding hydrogens is 350 g/mol. The van der Waals surface area contributed by atoms with Crippen LogP contribution < -0.4 is 4.90 Å². The lowest BCUT2D eigenvalue weighted by atomic mass is 10.0. The van der Waals surface area contributed by atoms with Gasteiger partial charge in [0.05, 0.1) is 34.1 Å². The summed E-state index contributed by atoms with van der Waals surface area (Å²) in [5.41, 5.74) is 7.95. The topological polar surface area (TPSA) is 58.5 Å². The highest BCUT2D eigenvalue weighted by molar-refractivity contribution is 6.14. The van der Waals surface area contributed by atoms with Crippen LogP contribution in [0.2, 0.25) is 0 Å². The van der Waals surface area contributed by atoms with Gasteiger partial charge in [-0.05, 0) is 48.2 Å². The molecule has 0 N–H and O–H groups in total. The Morgan fingerprint density at radius 3 is 2.29 bits per heavy atom. The molecule has 3 aromatic rings. The average Bonchev–Trinajstić information content (AvgIpc) is 3.45. The predicted octanol–water partition coefficient (Wildman–Crippen LogP) is 5.28. The van der Waals surface area contributed by atoms with Crippen molar-refractivity contribution in [2.45, 2.75) is 25.9 Å². The molecule has 2 aliphatic rings. The zero-order valence-electron chi connectivity index (χ0n) is 15.7. The number of hydrogen-bond acceptors (Lipinski definition) is 4. The van der Waals surface area contributed by atoms with Crippen LogP contribution >= 0.6 is 0 Å². The number of aryl methyl sites for hydroxylation is 2. The fourth-order valence-corrected chi connectivity index (χ4v) is 4.07. The minimum Gasteiger partial charge on any atom is -0.349 e. The Balaban J connectivity index is 1.62. The normalized spacial score (nSPS) is 19.5. The zero-order chi connectivity index (χ0) is 19.4. The molecule has 5 nitrogen and oxygen atoms in total. The molecule has 28 heavy (non-hydrogen) atoms. The van der Waals surface area contributed by atoms with E-state index in [1.54, 1.807) is 12.1 Å². The fourth-order valence-electron chi connectivity index (χ4n) is 4.07. The predicted molar refractivity (Wildman–Crippen MR) is 111 cm³/mol. The van der Waals surface area contributed by atoms with E-state index in [9.17, 15) is 10.1 Å². The molecule has 5 rings (SSSR count). The summed E-state index contributed by atoms with van der Waals surface area (Å²) >= 11 is 0. The minimum atomic E-state index is -0.359. The maximum absolute atomic E-state index is 11.0. The Hall–Kier alpha value is -3.47. The van der Waals surface area contributed by atoms with E-state index in [2.05, 4.69) is 43.0 Å². The molecule has 0 saturated carbocycles. The Bertz CT molecular complexity index is 1120. The Kier molecular flexibility index (Phi) is 3.59. The van der Waals surface area contributed by atoms with Crippen molar-refractivity contribution in [3.8, 4) is 0 Å². The lowest BCUT2D eigenvalue weighted by molar-refractivity contribution is -0.384. The van der Waals surface area contributed by atoms with Crippen molar-refractivity contribution in [2.24, 2.45) is 4.99 Å². The second-order valence-electron chi connectivity index (χ2n) is 7.43. The Morgan fingerprint density at radius 2 is 1.61 bits per heavy atom. The number of nitro groups is 1. The van der Waals surface area contributed by atoms with Gasteiger partial charge in [-0.2, -0.15) is 0 Å².